The lowest BCUT2D eigenvalue weighted by atomic mass is 10.2. The zero-order valence-electron chi connectivity index (χ0n) is 11.4. The number of aromatic nitrogens is 2. The molecule has 0 aliphatic carbocycles. The molecular weight excluding hydrogens is 248 g/mol. The van der Waals surface area contributed by atoms with E-state index in [2.05, 4.69) is 17.2 Å². The fourth-order valence-electron chi connectivity index (χ4n) is 2.42. The average molecular weight is 264 g/mol. The molecule has 0 N–H and O–H groups in total. The molecule has 1 aromatic heterocycles. The fraction of sp³-hybridized carbons (Fsp3) is 0.118. The van der Waals surface area contributed by atoms with Crippen molar-refractivity contribution in [1.29, 1.82) is 0 Å². The maximum atomic E-state index is 5.45. The summed E-state index contributed by atoms with van der Waals surface area (Å²) >= 11 is 0. The SMILES string of the molecule is C=CCn1c(-c2ccccc2OC)nc2ccccc21. The first kappa shape index (κ1) is 12.5. The van der Waals surface area contributed by atoms with Crippen molar-refractivity contribution in [2.75, 3.05) is 7.11 Å². The van der Waals surface area contributed by atoms with Gasteiger partial charge in [0.05, 0.1) is 23.7 Å². The standard InChI is InChI=1S/C17H16N2O/c1-3-12-19-15-10-6-5-9-14(15)18-17(19)13-8-4-7-11-16(13)20-2/h3-11H,1,12H2,2H3. The molecule has 20 heavy (non-hydrogen) atoms. The Morgan fingerprint density at radius 1 is 1.15 bits per heavy atom. The molecule has 0 unspecified atom stereocenters. The predicted molar refractivity (Wildman–Crippen MR) is 81.9 cm³/mol. The highest BCUT2D eigenvalue weighted by molar-refractivity contribution is 5.82. The first-order valence-corrected chi connectivity index (χ1v) is 6.54. The Balaban J connectivity index is 2.29. The Morgan fingerprint density at radius 3 is 2.70 bits per heavy atom. The monoisotopic (exact) mass is 264 g/mol. The number of hydrogen-bond acceptors (Lipinski definition) is 2. The van der Waals surface area contributed by atoms with E-state index in [1.807, 2.05) is 48.5 Å². The molecule has 3 rings (SSSR count). The van der Waals surface area contributed by atoms with Crippen molar-refractivity contribution in [3.05, 3.63) is 61.2 Å². The maximum Gasteiger partial charge on any atom is 0.145 e. The van der Waals surface area contributed by atoms with Crippen molar-refractivity contribution >= 4 is 11.0 Å². The van der Waals surface area contributed by atoms with Gasteiger partial charge in [-0.05, 0) is 24.3 Å². The molecule has 1 heterocycles. The van der Waals surface area contributed by atoms with Crippen LogP contribution in [0.1, 0.15) is 0 Å². The summed E-state index contributed by atoms with van der Waals surface area (Å²) in [5.41, 5.74) is 3.08. The first-order valence-electron chi connectivity index (χ1n) is 6.54. The van der Waals surface area contributed by atoms with Gasteiger partial charge in [-0.25, -0.2) is 4.98 Å². The van der Waals surface area contributed by atoms with E-state index in [0.29, 0.717) is 6.54 Å². The number of imidazole rings is 1. The summed E-state index contributed by atoms with van der Waals surface area (Å²) < 4.78 is 7.60. The number of methoxy groups -OCH3 is 1. The van der Waals surface area contributed by atoms with E-state index in [1.54, 1.807) is 7.11 Å². The van der Waals surface area contributed by atoms with Crippen LogP contribution in [0.15, 0.2) is 61.2 Å². The summed E-state index contributed by atoms with van der Waals surface area (Å²) in [6.07, 6.45) is 1.88. The zero-order valence-corrected chi connectivity index (χ0v) is 11.4. The van der Waals surface area contributed by atoms with Crippen molar-refractivity contribution in [2.24, 2.45) is 0 Å². The average Bonchev–Trinajstić information content (AvgIpc) is 2.86. The van der Waals surface area contributed by atoms with Gasteiger partial charge in [-0.1, -0.05) is 30.3 Å². The van der Waals surface area contributed by atoms with Gasteiger partial charge in [0, 0.05) is 6.54 Å². The molecule has 3 nitrogen and oxygen atoms in total. The van der Waals surface area contributed by atoms with Gasteiger partial charge in [0.2, 0.25) is 0 Å². The molecule has 0 bridgehead atoms. The summed E-state index contributed by atoms with van der Waals surface area (Å²) in [5.74, 6) is 1.73. The Bertz CT molecular complexity index is 759. The molecule has 3 aromatic rings. The minimum absolute atomic E-state index is 0.716. The van der Waals surface area contributed by atoms with Gasteiger partial charge in [0.25, 0.3) is 0 Å². The van der Waals surface area contributed by atoms with Crippen LogP contribution in [0.5, 0.6) is 5.75 Å². The molecule has 100 valence electrons. The molecule has 0 amide bonds. The van der Waals surface area contributed by atoms with Gasteiger partial charge in [0.1, 0.15) is 11.6 Å². The second-order valence-corrected chi connectivity index (χ2v) is 4.52. The number of benzene rings is 2. The van der Waals surface area contributed by atoms with Crippen molar-refractivity contribution in [1.82, 2.24) is 9.55 Å². The van der Waals surface area contributed by atoms with Gasteiger partial charge >= 0.3 is 0 Å². The predicted octanol–water partition coefficient (Wildman–Crippen LogP) is 3.90. The molecule has 0 saturated carbocycles. The van der Waals surface area contributed by atoms with Crippen molar-refractivity contribution in [2.45, 2.75) is 6.54 Å². The number of fused-ring (bicyclic) bond motifs is 1. The quantitative estimate of drug-likeness (QED) is 0.668. The molecule has 0 aliphatic rings. The van der Waals surface area contributed by atoms with Crippen LogP contribution >= 0.6 is 0 Å². The summed E-state index contributed by atoms with van der Waals surface area (Å²) in [5, 5.41) is 0. The Labute approximate surface area is 118 Å². The fourth-order valence-corrected chi connectivity index (χ4v) is 2.42. The van der Waals surface area contributed by atoms with Crippen molar-refractivity contribution in [3.8, 4) is 17.1 Å². The van der Waals surface area contributed by atoms with Crippen LogP contribution < -0.4 is 4.74 Å². The number of rotatable bonds is 4. The highest BCUT2D eigenvalue weighted by atomic mass is 16.5. The van der Waals surface area contributed by atoms with Crippen LogP contribution in [0.2, 0.25) is 0 Å². The number of ether oxygens (including phenoxy) is 1. The third-order valence-corrected chi connectivity index (χ3v) is 3.31. The molecular formula is C17H16N2O. The Morgan fingerprint density at radius 2 is 1.90 bits per heavy atom. The Hall–Kier alpha value is -2.55. The summed E-state index contributed by atoms with van der Waals surface area (Å²) in [7, 11) is 1.68. The molecule has 0 fully saturated rings. The Kier molecular flexibility index (Phi) is 3.25. The van der Waals surface area contributed by atoms with Crippen molar-refractivity contribution in [3.63, 3.8) is 0 Å². The second-order valence-electron chi connectivity index (χ2n) is 4.52. The smallest absolute Gasteiger partial charge is 0.145 e. The topological polar surface area (TPSA) is 27.1 Å². The van der Waals surface area contributed by atoms with Gasteiger partial charge < -0.3 is 9.30 Å². The second kappa shape index (κ2) is 5.21. The van der Waals surface area contributed by atoms with Gasteiger partial charge in [-0.3, -0.25) is 0 Å². The molecule has 0 spiro atoms. The number of para-hydroxylation sites is 3. The maximum absolute atomic E-state index is 5.45. The summed E-state index contributed by atoms with van der Waals surface area (Å²) in [6.45, 7) is 4.56. The highest BCUT2D eigenvalue weighted by Crippen LogP contribution is 2.31. The minimum atomic E-state index is 0.716. The largest absolute Gasteiger partial charge is 0.496 e. The van der Waals surface area contributed by atoms with Gasteiger partial charge in [0.15, 0.2) is 0 Å². The third kappa shape index (κ3) is 1.97. The van der Waals surface area contributed by atoms with Crippen LogP contribution in [0.3, 0.4) is 0 Å². The molecule has 0 radical (unpaired) electrons. The molecule has 0 atom stereocenters. The van der Waals surface area contributed by atoms with E-state index in [9.17, 15) is 0 Å². The third-order valence-electron chi connectivity index (χ3n) is 3.31. The van der Waals surface area contributed by atoms with Crippen LogP contribution in [-0.2, 0) is 6.54 Å². The van der Waals surface area contributed by atoms with Crippen LogP contribution in [0.4, 0.5) is 0 Å². The lowest BCUT2D eigenvalue weighted by Gasteiger charge is -2.10. The highest BCUT2D eigenvalue weighted by Gasteiger charge is 2.14. The van der Waals surface area contributed by atoms with E-state index in [0.717, 1.165) is 28.2 Å². The summed E-state index contributed by atoms with van der Waals surface area (Å²) in [6, 6.07) is 16.1. The van der Waals surface area contributed by atoms with E-state index in [-0.39, 0.29) is 0 Å². The van der Waals surface area contributed by atoms with Gasteiger partial charge in [-0.15, -0.1) is 6.58 Å². The number of hydrogen-bond donors (Lipinski definition) is 0. The van der Waals surface area contributed by atoms with Gasteiger partial charge in [-0.2, -0.15) is 0 Å². The van der Waals surface area contributed by atoms with Crippen LogP contribution in [0, 0.1) is 0 Å². The minimum Gasteiger partial charge on any atom is -0.496 e. The first-order chi connectivity index (χ1) is 9.85. The lowest BCUT2D eigenvalue weighted by molar-refractivity contribution is 0.416. The van der Waals surface area contributed by atoms with E-state index < -0.39 is 0 Å². The molecule has 0 saturated heterocycles. The zero-order chi connectivity index (χ0) is 13.9. The summed E-state index contributed by atoms with van der Waals surface area (Å²) in [4.78, 5) is 4.75. The van der Waals surface area contributed by atoms with Crippen molar-refractivity contribution < 1.29 is 4.74 Å². The normalized spacial score (nSPS) is 10.7. The molecule has 2 aromatic carbocycles. The van der Waals surface area contributed by atoms with Crippen LogP contribution in [0.25, 0.3) is 22.4 Å². The van der Waals surface area contributed by atoms with Crippen LogP contribution in [-0.4, -0.2) is 16.7 Å². The molecule has 0 aliphatic heterocycles. The van der Waals surface area contributed by atoms with E-state index in [1.165, 1.54) is 0 Å². The lowest BCUT2D eigenvalue weighted by Crippen LogP contribution is -1.99. The van der Waals surface area contributed by atoms with E-state index in [4.69, 9.17) is 9.72 Å². The van der Waals surface area contributed by atoms with E-state index >= 15 is 0 Å². The molecule has 3 heteroatoms. The number of allylic oxidation sites excluding steroid dienone is 1. The number of nitrogens with zero attached hydrogens (tertiary/aromatic N) is 2.